The molecule has 1 aromatic carbocycles. The number of amides is 1. The van der Waals surface area contributed by atoms with Gasteiger partial charge in [0.2, 0.25) is 0 Å². The molecule has 0 bridgehead atoms. The lowest BCUT2D eigenvalue weighted by Crippen LogP contribution is -2.51. The predicted molar refractivity (Wildman–Crippen MR) is 103 cm³/mol. The van der Waals surface area contributed by atoms with E-state index in [4.69, 9.17) is 5.73 Å². The second-order valence-corrected chi connectivity index (χ2v) is 6.38. The van der Waals surface area contributed by atoms with Gasteiger partial charge in [-0.05, 0) is 51.3 Å². The number of carbonyl (C=O) groups excluding carboxylic acids is 1. The third-order valence-corrected chi connectivity index (χ3v) is 4.62. The van der Waals surface area contributed by atoms with Crippen LogP contribution in [0.2, 0.25) is 0 Å². The first-order valence-electron chi connectivity index (χ1n) is 8.11. The van der Waals surface area contributed by atoms with Crippen LogP contribution in [-0.4, -0.2) is 34.4 Å². The summed E-state index contributed by atoms with van der Waals surface area (Å²) in [5.74, 6) is -0.347. The average molecular weight is 388 g/mol. The van der Waals surface area contributed by atoms with E-state index in [2.05, 4.69) is 4.98 Å². The Hall–Kier alpha value is -1.43. The van der Waals surface area contributed by atoms with Gasteiger partial charge in [0.1, 0.15) is 5.82 Å². The van der Waals surface area contributed by atoms with E-state index in [-0.39, 0.29) is 48.6 Å². The molecular weight excluding hydrogens is 364 g/mol. The minimum atomic E-state index is -0.323. The maximum Gasteiger partial charge on any atom is 0.256 e. The van der Waals surface area contributed by atoms with Crippen LogP contribution in [0.25, 0.3) is 10.9 Å². The van der Waals surface area contributed by atoms with Crippen LogP contribution in [0.1, 0.15) is 42.2 Å². The summed E-state index contributed by atoms with van der Waals surface area (Å²) in [4.78, 5) is 19.3. The molecule has 2 atom stereocenters. The highest BCUT2D eigenvalue weighted by Crippen LogP contribution is 2.24. The Morgan fingerprint density at radius 3 is 2.72 bits per heavy atom. The Labute approximate surface area is 159 Å². The number of aryl methyl sites for hydroxylation is 1. The molecule has 3 rings (SSSR count). The van der Waals surface area contributed by atoms with E-state index in [1.807, 2.05) is 17.9 Å². The standard InChI is InChI=1S/C18H22FN3O.2ClH/c1-11(20)17-5-3-4-8-22(17)18(23)15-9-13-6-7-14(19)10-16(13)21-12(15)2;;/h6-7,9-11,17H,3-5,8,20H2,1-2H3;2*1H. The Balaban J connectivity index is 0.00000156. The molecule has 4 nitrogen and oxygen atoms in total. The van der Waals surface area contributed by atoms with Gasteiger partial charge in [0, 0.05) is 30.1 Å². The number of benzene rings is 1. The summed E-state index contributed by atoms with van der Waals surface area (Å²) in [5, 5.41) is 0.773. The minimum Gasteiger partial charge on any atom is -0.334 e. The zero-order valence-corrected chi connectivity index (χ0v) is 16.0. The topological polar surface area (TPSA) is 59.2 Å². The summed E-state index contributed by atoms with van der Waals surface area (Å²) in [7, 11) is 0. The second-order valence-electron chi connectivity index (χ2n) is 6.38. The maximum absolute atomic E-state index is 13.3. The molecule has 1 amide bonds. The normalized spacial score (nSPS) is 18.2. The molecule has 138 valence electrons. The predicted octanol–water partition coefficient (Wildman–Crippen LogP) is 3.87. The molecule has 1 aliphatic heterocycles. The fourth-order valence-electron chi connectivity index (χ4n) is 3.36. The molecule has 0 aliphatic carbocycles. The van der Waals surface area contributed by atoms with Crippen LogP contribution < -0.4 is 5.73 Å². The van der Waals surface area contributed by atoms with Gasteiger partial charge in [-0.3, -0.25) is 9.78 Å². The number of rotatable bonds is 2. The van der Waals surface area contributed by atoms with E-state index in [0.717, 1.165) is 31.2 Å². The van der Waals surface area contributed by atoms with Crippen LogP contribution in [0.15, 0.2) is 24.3 Å². The Bertz CT molecular complexity index is 754. The zero-order valence-electron chi connectivity index (χ0n) is 14.4. The number of aromatic nitrogens is 1. The van der Waals surface area contributed by atoms with Crippen molar-refractivity contribution in [1.29, 1.82) is 0 Å². The van der Waals surface area contributed by atoms with Crippen LogP contribution in [0.3, 0.4) is 0 Å². The van der Waals surface area contributed by atoms with E-state index < -0.39 is 0 Å². The third-order valence-electron chi connectivity index (χ3n) is 4.62. The Morgan fingerprint density at radius 1 is 1.32 bits per heavy atom. The average Bonchev–Trinajstić information content (AvgIpc) is 2.53. The molecule has 25 heavy (non-hydrogen) atoms. The summed E-state index contributed by atoms with van der Waals surface area (Å²) in [6, 6.07) is 6.27. The highest BCUT2D eigenvalue weighted by Gasteiger charge is 2.30. The van der Waals surface area contributed by atoms with Crippen molar-refractivity contribution in [3.8, 4) is 0 Å². The van der Waals surface area contributed by atoms with Crippen molar-refractivity contribution in [2.45, 2.75) is 45.2 Å². The molecule has 0 radical (unpaired) electrons. The fourth-order valence-corrected chi connectivity index (χ4v) is 3.36. The number of pyridine rings is 1. The van der Waals surface area contributed by atoms with Crippen LogP contribution >= 0.6 is 24.8 Å². The lowest BCUT2D eigenvalue weighted by atomic mass is 9.95. The van der Waals surface area contributed by atoms with Gasteiger partial charge in [0.05, 0.1) is 16.8 Å². The number of hydrogen-bond acceptors (Lipinski definition) is 3. The van der Waals surface area contributed by atoms with Gasteiger partial charge in [-0.1, -0.05) is 0 Å². The highest BCUT2D eigenvalue weighted by atomic mass is 35.5. The molecule has 2 unspecified atom stereocenters. The van der Waals surface area contributed by atoms with Crippen molar-refractivity contribution >= 4 is 41.6 Å². The fraction of sp³-hybridized carbons (Fsp3) is 0.444. The number of fused-ring (bicyclic) bond motifs is 1. The van der Waals surface area contributed by atoms with Gasteiger partial charge in [0.15, 0.2) is 0 Å². The molecule has 7 heteroatoms. The SMILES string of the molecule is Cc1nc2cc(F)ccc2cc1C(=O)N1CCCCC1C(C)N.Cl.Cl. The first-order valence-corrected chi connectivity index (χ1v) is 8.11. The molecule has 0 spiro atoms. The van der Waals surface area contributed by atoms with Crippen molar-refractivity contribution in [3.05, 3.63) is 41.3 Å². The quantitative estimate of drug-likeness (QED) is 0.850. The number of piperidine rings is 1. The smallest absolute Gasteiger partial charge is 0.256 e. The summed E-state index contributed by atoms with van der Waals surface area (Å²) in [6.45, 7) is 4.47. The molecule has 1 aliphatic rings. The van der Waals surface area contributed by atoms with Crippen LogP contribution in [-0.2, 0) is 0 Å². The molecule has 2 N–H and O–H groups in total. The molecule has 1 fully saturated rings. The number of halogens is 3. The van der Waals surface area contributed by atoms with Crippen molar-refractivity contribution in [2.75, 3.05) is 6.54 Å². The molecule has 1 aromatic heterocycles. The molecule has 1 saturated heterocycles. The highest BCUT2D eigenvalue weighted by molar-refractivity contribution is 5.98. The first kappa shape index (κ1) is 21.6. The molecule has 2 heterocycles. The first-order chi connectivity index (χ1) is 11.0. The van der Waals surface area contributed by atoms with E-state index >= 15 is 0 Å². The van der Waals surface area contributed by atoms with Gasteiger partial charge in [-0.2, -0.15) is 0 Å². The summed E-state index contributed by atoms with van der Waals surface area (Å²) < 4.78 is 13.3. The van der Waals surface area contributed by atoms with Crippen LogP contribution in [0.4, 0.5) is 4.39 Å². The van der Waals surface area contributed by atoms with Gasteiger partial charge >= 0.3 is 0 Å². The van der Waals surface area contributed by atoms with Crippen molar-refractivity contribution in [3.63, 3.8) is 0 Å². The van der Waals surface area contributed by atoms with Gasteiger partial charge in [-0.15, -0.1) is 24.8 Å². The molecule has 0 saturated carbocycles. The zero-order chi connectivity index (χ0) is 16.6. The summed E-state index contributed by atoms with van der Waals surface area (Å²) in [6.07, 6.45) is 3.04. The van der Waals surface area contributed by atoms with E-state index in [1.165, 1.54) is 12.1 Å². The lowest BCUT2D eigenvalue weighted by Gasteiger charge is -2.38. The Morgan fingerprint density at radius 2 is 2.04 bits per heavy atom. The second kappa shape index (κ2) is 8.79. The number of hydrogen-bond donors (Lipinski definition) is 1. The van der Waals surface area contributed by atoms with Crippen LogP contribution in [0, 0.1) is 12.7 Å². The monoisotopic (exact) mass is 387 g/mol. The minimum absolute atomic E-state index is 0. The number of carbonyl (C=O) groups is 1. The lowest BCUT2D eigenvalue weighted by molar-refractivity contribution is 0.0583. The largest absolute Gasteiger partial charge is 0.334 e. The van der Waals surface area contributed by atoms with Crippen molar-refractivity contribution in [2.24, 2.45) is 5.73 Å². The summed E-state index contributed by atoms with van der Waals surface area (Å²) in [5.41, 5.74) is 7.85. The van der Waals surface area contributed by atoms with Crippen LogP contribution in [0.5, 0.6) is 0 Å². The van der Waals surface area contributed by atoms with E-state index in [0.29, 0.717) is 16.8 Å². The van der Waals surface area contributed by atoms with E-state index in [9.17, 15) is 9.18 Å². The molecule has 2 aromatic rings. The maximum atomic E-state index is 13.3. The van der Waals surface area contributed by atoms with Crippen molar-refractivity contribution < 1.29 is 9.18 Å². The van der Waals surface area contributed by atoms with Gasteiger partial charge in [-0.25, -0.2) is 4.39 Å². The number of nitrogens with zero attached hydrogens (tertiary/aromatic N) is 2. The van der Waals surface area contributed by atoms with Gasteiger partial charge < -0.3 is 10.6 Å². The van der Waals surface area contributed by atoms with E-state index in [1.54, 1.807) is 13.0 Å². The third kappa shape index (κ3) is 4.40. The number of nitrogens with two attached hydrogens (primary N) is 1. The molecular formula is C18H24Cl2FN3O. The van der Waals surface area contributed by atoms with Gasteiger partial charge in [0.25, 0.3) is 5.91 Å². The number of likely N-dealkylation sites (tertiary alicyclic amines) is 1. The summed E-state index contributed by atoms with van der Waals surface area (Å²) >= 11 is 0. The Kier molecular flexibility index (Phi) is 7.60. The van der Waals surface area contributed by atoms with Crippen molar-refractivity contribution in [1.82, 2.24) is 9.88 Å².